The minimum atomic E-state index is -0.0246. The Bertz CT molecular complexity index is 649. The van der Waals surface area contributed by atoms with E-state index in [9.17, 15) is 5.11 Å². The Morgan fingerprint density at radius 2 is 1.79 bits per heavy atom. The number of hydrogen-bond acceptors (Lipinski definition) is 4. The van der Waals surface area contributed by atoms with Crippen molar-refractivity contribution in [1.82, 2.24) is 0 Å². The number of benzene rings is 2. The SMILES string of the molecule is COc1ccc(NCc2ccc(N3CCCCC3)cc2)cc1CO. The number of methoxy groups -OCH3 is 1. The average Bonchev–Trinajstić information content (AvgIpc) is 2.67. The highest BCUT2D eigenvalue weighted by Gasteiger charge is 2.10. The van der Waals surface area contributed by atoms with E-state index in [0.29, 0.717) is 5.75 Å². The maximum atomic E-state index is 9.40. The zero-order valence-electron chi connectivity index (χ0n) is 14.3. The van der Waals surface area contributed by atoms with Crippen LogP contribution in [-0.2, 0) is 13.2 Å². The van der Waals surface area contributed by atoms with Crippen LogP contribution in [0.1, 0.15) is 30.4 Å². The van der Waals surface area contributed by atoms with Crippen molar-refractivity contribution in [1.29, 1.82) is 0 Å². The van der Waals surface area contributed by atoms with E-state index in [0.717, 1.165) is 17.8 Å². The van der Waals surface area contributed by atoms with Crippen LogP contribution < -0.4 is 15.0 Å². The highest BCUT2D eigenvalue weighted by Crippen LogP contribution is 2.24. The van der Waals surface area contributed by atoms with Gasteiger partial charge in [-0.2, -0.15) is 0 Å². The third kappa shape index (κ3) is 4.01. The van der Waals surface area contributed by atoms with Gasteiger partial charge in [-0.3, -0.25) is 0 Å². The number of nitrogens with one attached hydrogen (secondary N) is 1. The molecule has 2 aromatic carbocycles. The van der Waals surface area contributed by atoms with Gasteiger partial charge in [0.1, 0.15) is 5.75 Å². The first-order valence-electron chi connectivity index (χ1n) is 8.65. The van der Waals surface area contributed by atoms with Gasteiger partial charge in [-0.05, 0) is 55.2 Å². The summed E-state index contributed by atoms with van der Waals surface area (Å²) in [5.41, 5.74) is 4.35. The number of nitrogens with zero attached hydrogens (tertiary/aromatic N) is 1. The van der Waals surface area contributed by atoms with Crippen LogP contribution in [0.25, 0.3) is 0 Å². The molecule has 0 bridgehead atoms. The standard InChI is InChI=1S/C20H26N2O2/c1-24-20-10-7-18(13-17(20)15-23)21-14-16-5-8-19(9-6-16)22-11-3-2-4-12-22/h5-10,13,21,23H,2-4,11-12,14-15H2,1H3. The van der Waals surface area contributed by atoms with Crippen LogP contribution in [0, 0.1) is 0 Å². The minimum Gasteiger partial charge on any atom is -0.496 e. The van der Waals surface area contributed by atoms with E-state index in [1.165, 1.54) is 43.6 Å². The number of aliphatic hydroxyl groups is 1. The molecule has 0 radical (unpaired) electrons. The lowest BCUT2D eigenvalue weighted by Crippen LogP contribution is -2.29. The van der Waals surface area contributed by atoms with Gasteiger partial charge in [0.2, 0.25) is 0 Å². The second kappa shape index (κ2) is 8.06. The van der Waals surface area contributed by atoms with E-state index in [-0.39, 0.29) is 6.61 Å². The Balaban J connectivity index is 1.60. The van der Waals surface area contributed by atoms with Crippen LogP contribution in [0.4, 0.5) is 11.4 Å². The summed E-state index contributed by atoms with van der Waals surface area (Å²) in [6, 6.07) is 14.6. The van der Waals surface area contributed by atoms with E-state index in [2.05, 4.69) is 34.5 Å². The molecule has 0 aliphatic carbocycles. The van der Waals surface area contributed by atoms with E-state index < -0.39 is 0 Å². The van der Waals surface area contributed by atoms with Crippen LogP contribution in [0.3, 0.4) is 0 Å². The minimum absolute atomic E-state index is 0.0246. The zero-order chi connectivity index (χ0) is 16.8. The molecule has 0 spiro atoms. The monoisotopic (exact) mass is 326 g/mol. The second-order valence-corrected chi connectivity index (χ2v) is 6.25. The summed E-state index contributed by atoms with van der Waals surface area (Å²) in [4.78, 5) is 2.47. The molecule has 2 aromatic rings. The molecule has 4 nitrogen and oxygen atoms in total. The van der Waals surface area contributed by atoms with Gasteiger partial charge >= 0.3 is 0 Å². The van der Waals surface area contributed by atoms with Crippen molar-refractivity contribution in [2.24, 2.45) is 0 Å². The highest BCUT2D eigenvalue weighted by atomic mass is 16.5. The molecule has 0 unspecified atom stereocenters. The normalized spacial score (nSPS) is 14.5. The Morgan fingerprint density at radius 1 is 1.04 bits per heavy atom. The fraction of sp³-hybridized carbons (Fsp3) is 0.400. The van der Waals surface area contributed by atoms with Crippen molar-refractivity contribution in [3.05, 3.63) is 53.6 Å². The Labute approximate surface area is 144 Å². The number of piperidine rings is 1. The van der Waals surface area contributed by atoms with Crippen molar-refractivity contribution in [2.75, 3.05) is 30.4 Å². The fourth-order valence-electron chi connectivity index (χ4n) is 3.19. The number of hydrogen-bond donors (Lipinski definition) is 2. The van der Waals surface area contributed by atoms with Crippen molar-refractivity contribution in [3.63, 3.8) is 0 Å². The third-order valence-corrected chi connectivity index (χ3v) is 4.60. The lowest BCUT2D eigenvalue weighted by molar-refractivity contribution is 0.274. The molecule has 0 atom stereocenters. The molecule has 128 valence electrons. The maximum absolute atomic E-state index is 9.40. The van der Waals surface area contributed by atoms with E-state index in [4.69, 9.17) is 4.74 Å². The first-order chi connectivity index (χ1) is 11.8. The number of rotatable bonds is 6. The summed E-state index contributed by atoms with van der Waals surface area (Å²) >= 11 is 0. The summed E-state index contributed by atoms with van der Waals surface area (Å²) in [6.07, 6.45) is 3.96. The van der Waals surface area contributed by atoms with Gasteiger partial charge in [0.25, 0.3) is 0 Å². The van der Waals surface area contributed by atoms with Gasteiger partial charge < -0.3 is 20.1 Å². The Kier molecular flexibility index (Phi) is 5.59. The molecular formula is C20H26N2O2. The molecule has 1 aliphatic heterocycles. The van der Waals surface area contributed by atoms with Gasteiger partial charge in [0, 0.05) is 36.6 Å². The molecule has 2 N–H and O–H groups in total. The van der Waals surface area contributed by atoms with Gasteiger partial charge in [0.05, 0.1) is 13.7 Å². The van der Waals surface area contributed by atoms with Crippen LogP contribution in [0.15, 0.2) is 42.5 Å². The summed E-state index contributed by atoms with van der Waals surface area (Å²) in [6.45, 7) is 3.08. The van der Waals surface area contributed by atoms with Gasteiger partial charge in [0.15, 0.2) is 0 Å². The highest BCUT2D eigenvalue weighted by molar-refractivity contribution is 5.52. The molecule has 4 heteroatoms. The van der Waals surface area contributed by atoms with Crippen molar-refractivity contribution < 1.29 is 9.84 Å². The first-order valence-corrected chi connectivity index (χ1v) is 8.65. The molecule has 1 saturated heterocycles. The quantitative estimate of drug-likeness (QED) is 0.848. The van der Waals surface area contributed by atoms with Gasteiger partial charge in [-0.15, -0.1) is 0 Å². The average molecular weight is 326 g/mol. The van der Waals surface area contributed by atoms with E-state index in [1.807, 2.05) is 18.2 Å². The van der Waals surface area contributed by atoms with Crippen LogP contribution >= 0.6 is 0 Å². The second-order valence-electron chi connectivity index (χ2n) is 6.25. The largest absolute Gasteiger partial charge is 0.496 e. The first kappa shape index (κ1) is 16.7. The fourth-order valence-corrected chi connectivity index (χ4v) is 3.19. The summed E-state index contributed by atoms with van der Waals surface area (Å²) < 4.78 is 5.23. The van der Waals surface area contributed by atoms with Crippen molar-refractivity contribution in [3.8, 4) is 5.75 Å². The topological polar surface area (TPSA) is 44.7 Å². The predicted octanol–water partition coefficient (Wildman–Crippen LogP) is 3.79. The van der Waals surface area contributed by atoms with E-state index >= 15 is 0 Å². The van der Waals surface area contributed by atoms with E-state index in [1.54, 1.807) is 7.11 Å². The van der Waals surface area contributed by atoms with Crippen LogP contribution in [-0.4, -0.2) is 25.3 Å². The molecule has 24 heavy (non-hydrogen) atoms. The number of ether oxygens (including phenoxy) is 1. The molecule has 0 aromatic heterocycles. The molecule has 1 heterocycles. The van der Waals surface area contributed by atoms with Crippen molar-refractivity contribution >= 4 is 11.4 Å². The molecule has 0 amide bonds. The Hall–Kier alpha value is -2.20. The number of anilines is 2. The van der Waals surface area contributed by atoms with Crippen molar-refractivity contribution in [2.45, 2.75) is 32.4 Å². The molecular weight excluding hydrogens is 300 g/mol. The molecule has 1 aliphatic rings. The van der Waals surface area contributed by atoms with Crippen LogP contribution in [0.5, 0.6) is 5.75 Å². The lowest BCUT2D eigenvalue weighted by Gasteiger charge is -2.28. The molecule has 3 rings (SSSR count). The summed E-state index contributed by atoms with van der Waals surface area (Å²) in [5.74, 6) is 0.717. The smallest absolute Gasteiger partial charge is 0.124 e. The Morgan fingerprint density at radius 3 is 2.46 bits per heavy atom. The lowest BCUT2D eigenvalue weighted by atomic mass is 10.1. The third-order valence-electron chi connectivity index (χ3n) is 4.60. The summed E-state index contributed by atoms with van der Waals surface area (Å²) in [7, 11) is 1.62. The predicted molar refractivity (Wildman–Crippen MR) is 98.7 cm³/mol. The zero-order valence-corrected chi connectivity index (χ0v) is 14.3. The summed E-state index contributed by atoms with van der Waals surface area (Å²) in [5, 5.41) is 12.8. The molecule has 1 fully saturated rings. The number of aliphatic hydroxyl groups excluding tert-OH is 1. The van der Waals surface area contributed by atoms with Gasteiger partial charge in [-0.1, -0.05) is 12.1 Å². The van der Waals surface area contributed by atoms with Gasteiger partial charge in [-0.25, -0.2) is 0 Å². The maximum Gasteiger partial charge on any atom is 0.124 e. The van der Waals surface area contributed by atoms with Crippen LogP contribution in [0.2, 0.25) is 0 Å². The molecule has 0 saturated carbocycles.